The Hall–Kier alpha value is -4.73. The van der Waals surface area contributed by atoms with Crippen LogP contribution in [0.15, 0.2) is 84.0 Å². The van der Waals surface area contributed by atoms with Crippen molar-refractivity contribution in [3.8, 4) is 0 Å². The zero-order valence-corrected chi connectivity index (χ0v) is 32.8. The van der Waals surface area contributed by atoms with Crippen LogP contribution in [-0.2, 0) is 38.1 Å². The molecule has 0 aromatic heterocycles. The molecule has 0 radical (unpaired) electrons. The first-order chi connectivity index (χ1) is 26.8. The standard InChI is InChI=1S/C43H51NO13/c1-7-8-19-30(47)44-32(25-15-11-9-12-16-25)34(49)39(52)55-27-21-43(53)37(56-38(51)26-17-13-10-14-18-26)35-41(6,36(50)33(48)31(23(27)2)40(43,4)5)28(46)20-29-42(35,22-54-29)57-24(3)45/h8-19,27-29,32-35,37,46,48-49,53H,7,20-22H2,1-6H3,(H,44,47)/b19-8+/t27-,28-,29+,32-,33+,34+,35-,37-,41+,42-,43+/m0/s1. The lowest BCUT2D eigenvalue weighted by molar-refractivity contribution is -0.346. The van der Waals surface area contributed by atoms with Gasteiger partial charge < -0.3 is 44.7 Å². The van der Waals surface area contributed by atoms with Crippen LogP contribution in [0.5, 0.6) is 0 Å². The fourth-order valence-electron chi connectivity index (χ4n) is 9.55. The summed E-state index contributed by atoms with van der Waals surface area (Å²) in [5.74, 6) is -5.86. The number of carbonyl (C=O) groups excluding carboxylic acids is 5. The lowest BCUT2D eigenvalue weighted by Crippen LogP contribution is -2.81. The predicted molar refractivity (Wildman–Crippen MR) is 202 cm³/mol. The second-order valence-corrected chi connectivity index (χ2v) is 16.2. The average Bonchev–Trinajstić information content (AvgIpc) is 3.17. The van der Waals surface area contributed by atoms with Gasteiger partial charge >= 0.3 is 17.9 Å². The highest BCUT2D eigenvalue weighted by Gasteiger charge is 2.78. The highest BCUT2D eigenvalue weighted by atomic mass is 16.6. The maximum absolute atomic E-state index is 14.9. The monoisotopic (exact) mass is 789 g/mol. The molecule has 3 aliphatic carbocycles. The van der Waals surface area contributed by atoms with Crippen LogP contribution in [-0.4, -0.2) is 104 Å². The molecule has 1 aliphatic heterocycles. The van der Waals surface area contributed by atoms with Gasteiger partial charge in [-0.15, -0.1) is 0 Å². The summed E-state index contributed by atoms with van der Waals surface area (Å²) in [5, 5.41) is 51.6. The van der Waals surface area contributed by atoms with Crippen LogP contribution < -0.4 is 5.32 Å². The number of benzene rings is 2. The number of nitrogens with one attached hydrogen (secondary N) is 1. The molecule has 57 heavy (non-hydrogen) atoms. The number of hydrogen-bond donors (Lipinski definition) is 5. The van der Waals surface area contributed by atoms with Crippen molar-refractivity contribution in [1.29, 1.82) is 0 Å². The Bertz CT molecular complexity index is 1960. The van der Waals surface area contributed by atoms with Gasteiger partial charge in [0.05, 0.1) is 35.6 Å². The number of aliphatic hydroxyl groups excluding tert-OH is 3. The number of allylic oxidation sites excluding steroid dienone is 1. The number of fused-ring (bicyclic) bond motifs is 5. The van der Waals surface area contributed by atoms with E-state index in [0.717, 1.165) is 6.92 Å². The van der Waals surface area contributed by atoms with Crippen molar-refractivity contribution in [2.75, 3.05) is 6.61 Å². The van der Waals surface area contributed by atoms with Crippen LogP contribution in [0.4, 0.5) is 0 Å². The fourth-order valence-corrected chi connectivity index (χ4v) is 9.55. The van der Waals surface area contributed by atoms with Crippen molar-refractivity contribution >= 4 is 29.6 Å². The summed E-state index contributed by atoms with van der Waals surface area (Å²) < 4.78 is 24.1. The third-order valence-electron chi connectivity index (χ3n) is 12.7. The number of rotatable bonds is 10. The Labute approximate surface area is 330 Å². The third-order valence-corrected chi connectivity index (χ3v) is 12.7. The van der Waals surface area contributed by atoms with Crippen LogP contribution in [0.1, 0.15) is 82.8 Å². The molecule has 306 valence electrons. The minimum absolute atomic E-state index is 0.0488. The second kappa shape index (κ2) is 15.6. The van der Waals surface area contributed by atoms with E-state index < -0.39 is 107 Å². The SMILES string of the molecule is CC/C=C/C(=O)N[C@@H](c1ccccc1)[C@@H](O)C(=O)O[C@H]1C[C@@]2(O)[C@@H](OC(=O)c3ccccc3)[C@@H]3[C@]4(OC(C)=O)CO[C@@H]4C[C@H](O)[C@@]3(C)C(=O)[C@H](O)C(=C1C)C2(C)C. The predicted octanol–water partition coefficient (Wildman–Crippen LogP) is 2.82. The summed E-state index contributed by atoms with van der Waals surface area (Å²) in [6.45, 7) is 8.73. The Morgan fingerprint density at radius 2 is 1.63 bits per heavy atom. The van der Waals surface area contributed by atoms with Crippen LogP contribution in [0.25, 0.3) is 0 Å². The summed E-state index contributed by atoms with van der Waals surface area (Å²) in [5.41, 5.74) is -7.07. The van der Waals surface area contributed by atoms with Crippen molar-refractivity contribution in [3.05, 3.63) is 95.1 Å². The summed E-state index contributed by atoms with van der Waals surface area (Å²) in [7, 11) is 0. The molecule has 3 fully saturated rings. The van der Waals surface area contributed by atoms with E-state index in [1.165, 1.54) is 32.1 Å². The molecule has 1 saturated heterocycles. The van der Waals surface area contributed by atoms with E-state index in [0.29, 0.717) is 12.0 Å². The molecule has 14 nitrogen and oxygen atoms in total. The van der Waals surface area contributed by atoms with Gasteiger partial charge in [0.25, 0.3) is 0 Å². The van der Waals surface area contributed by atoms with Gasteiger partial charge in [0.1, 0.15) is 30.0 Å². The van der Waals surface area contributed by atoms with E-state index in [-0.39, 0.29) is 29.7 Å². The Morgan fingerprint density at radius 1 is 1.00 bits per heavy atom. The molecule has 2 aromatic carbocycles. The summed E-state index contributed by atoms with van der Waals surface area (Å²) in [4.78, 5) is 68.7. The van der Waals surface area contributed by atoms with Crippen molar-refractivity contribution < 1.29 is 63.3 Å². The van der Waals surface area contributed by atoms with E-state index in [4.69, 9.17) is 18.9 Å². The summed E-state index contributed by atoms with van der Waals surface area (Å²) in [6, 6.07) is 14.9. The number of ketones is 1. The largest absolute Gasteiger partial charge is 0.456 e. The molecule has 1 heterocycles. The van der Waals surface area contributed by atoms with Gasteiger partial charge in [-0.25, -0.2) is 9.59 Å². The molecule has 2 aromatic rings. The number of amides is 1. The number of ether oxygens (including phenoxy) is 4. The number of esters is 3. The van der Waals surface area contributed by atoms with Gasteiger partial charge in [-0.05, 0) is 55.2 Å². The molecule has 14 heteroatoms. The molecule has 2 saturated carbocycles. The first kappa shape index (κ1) is 41.9. The molecule has 0 spiro atoms. The van der Waals surface area contributed by atoms with Crippen LogP contribution in [0.2, 0.25) is 0 Å². The van der Waals surface area contributed by atoms with E-state index >= 15 is 0 Å². The minimum Gasteiger partial charge on any atom is -0.456 e. The second-order valence-electron chi connectivity index (χ2n) is 16.2. The fraction of sp³-hybridized carbons (Fsp3) is 0.512. The Morgan fingerprint density at radius 3 is 2.21 bits per heavy atom. The summed E-state index contributed by atoms with van der Waals surface area (Å²) in [6.07, 6.45) is -6.94. The third kappa shape index (κ3) is 6.90. The first-order valence-electron chi connectivity index (χ1n) is 19.2. The molecule has 1 amide bonds. The molecule has 6 rings (SSSR count). The highest BCUT2D eigenvalue weighted by Crippen LogP contribution is 2.64. The summed E-state index contributed by atoms with van der Waals surface area (Å²) >= 11 is 0. The molecule has 5 N–H and O–H groups in total. The zero-order chi connectivity index (χ0) is 41.7. The molecular formula is C43H51NO13. The average molecular weight is 790 g/mol. The Kier molecular flexibility index (Phi) is 11.4. The van der Waals surface area contributed by atoms with Crippen molar-refractivity contribution in [3.63, 3.8) is 0 Å². The lowest BCUT2D eigenvalue weighted by Gasteiger charge is -2.67. The molecule has 2 bridgehead atoms. The van der Waals surface area contributed by atoms with Crippen molar-refractivity contribution in [2.45, 2.75) is 115 Å². The number of hydrogen-bond acceptors (Lipinski definition) is 13. The number of aliphatic hydroxyl groups is 4. The number of Topliss-reactive ketones (excluding diaryl/α,β-unsaturated/α-hetero) is 1. The Balaban J connectivity index is 1.50. The van der Waals surface area contributed by atoms with Gasteiger partial charge in [0.2, 0.25) is 5.91 Å². The topological polar surface area (TPSA) is 215 Å². The molecule has 0 unspecified atom stereocenters. The molecule has 4 aliphatic rings. The van der Waals surface area contributed by atoms with Gasteiger partial charge in [-0.3, -0.25) is 14.4 Å². The van der Waals surface area contributed by atoms with Crippen molar-refractivity contribution in [1.82, 2.24) is 5.32 Å². The van der Waals surface area contributed by atoms with E-state index in [1.807, 2.05) is 6.92 Å². The smallest absolute Gasteiger partial charge is 0.338 e. The quantitative estimate of drug-likeness (QED) is 0.102. The van der Waals surface area contributed by atoms with E-state index in [1.54, 1.807) is 68.5 Å². The van der Waals surface area contributed by atoms with Gasteiger partial charge in [0.15, 0.2) is 17.5 Å². The van der Waals surface area contributed by atoms with Crippen molar-refractivity contribution in [2.24, 2.45) is 16.7 Å². The highest BCUT2D eigenvalue weighted by molar-refractivity contribution is 5.94. The van der Waals surface area contributed by atoms with Gasteiger partial charge in [-0.2, -0.15) is 0 Å². The van der Waals surface area contributed by atoms with E-state index in [9.17, 15) is 44.4 Å². The normalized spacial score (nSPS) is 34.0. The van der Waals surface area contributed by atoms with Gasteiger partial charge in [-0.1, -0.05) is 75.4 Å². The van der Waals surface area contributed by atoms with Crippen LogP contribution in [0.3, 0.4) is 0 Å². The maximum Gasteiger partial charge on any atom is 0.338 e. The van der Waals surface area contributed by atoms with Crippen LogP contribution in [0, 0.1) is 16.7 Å². The first-order valence-corrected chi connectivity index (χ1v) is 19.2. The molecular weight excluding hydrogens is 738 g/mol. The molecule has 11 atom stereocenters. The number of carbonyl (C=O) groups is 5. The van der Waals surface area contributed by atoms with Gasteiger partial charge in [0, 0.05) is 25.2 Å². The lowest BCUT2D eigenvalue weighted by atomic mass is 9.44. The van der Waals surface area contributed by atoms with E-state index in [2.05, 4.69) is 5.32 Å². The zero-order valence-electron chi connectivity index (χ0n) is 32.8. The van der Waals surface area contributed by atoms with Crippen LogP contribution >= 0.6 is 0 Å². The minimum atomic E-state index is -2.34. The maximum atomic E-state index is 14.9.